The van der Waals surface area contributed by atoms with Gasteiger partial charge in [0.05, 0.1) is 11.2 Å². The number of nitrogens with zero attached hydrogens (tertiary/aromatic N) is 1. The summed E-state index contributed by atoms with van der Waals surface area (Å²) in [6, 6.07) is 0. The van der Waals surface area contributed by atoms with Crippen LogP contribution >= 0.6 is 11.3 Å². The summed E-state index contributed by atoms with van der Waals surface area (Å²) in [5.74, 6) is -0.0253. The lowest BCUT2D eigenvalue weighted by molar-refractivity contribution is 0.0956. The van der Waals surface area contributed by atoms with Crippen molar-refractivity contribution in [3.8, 4) is 0 Å². The van der Waals surface area contributed by atoms with Gasteiger partial charge in [0.2, 0.25) is 0 Å². The van der Waals surface area contributed by atoms with E-state index < -0.39 is 0 Å². The maximum atomic E-state index is 11.9. The van der Waals surface area contributed by atoms with E-state index in [1.54, 1.807) is 5.51 Å². The third kappa shape index (κ3) is 3.28. The minimum Gasteiger partial charge on any atom is -0.350 e. The van der Waals surface area contributed by atoms with E-state index in [-0.39, 0.29) is 11.3 Å². The van der Waals surface area contributed by atoms with Gasteiger partial charge < -0.3 is 10.6 Å². The minimum absolute atomic E-state index is 0.0253. The van der Waals surface area contributed by atoms with Crippen molar-refractivity contribution >= 4 is 17.2 Å². The summed E-state index contributed by atoms with van der Waals surface area (Å²) >= 11 is 1.40. The Morgan fingerprint density at radius 2 is 2.12 bits per heavy atom. The van der Waals surface area contributed by atoms with Gasteiger partial charge in [0, 0.05) is 18.5 Å². The monoisotopic (exact) mass is 241 g/mol. The molecule has 4 nitrogen and oxygen atoms in total. The lowest BCUT2D eigenvalue weighted by atomic mass is 9.91. The van der Waals surface area contributed by atoms with Crippen molar-refractivity contribution < 1.29 is 4.79 Å². The number of thiazole rings is 1. The van der Waals surface area contributed by atoms with Crippen molar-refractivity contribution in [3.63, 3.8) is 0 Å². The highest BCUT2D eigenvalue weighted by atomic mass is 32.1. The first-order valence-electron chi connectivity index (χ1n) is 5.33. The Balaban J connectivity index is 2.73. The second-order valence-corrected chi connectivity index (χ2v) is 5.49. The number of amides is 1. The first-order chi connectivity index (χ1) is 7.46. The lowest BCUT2D eigenvalue weighted by Crippen LogP contribution is -2.31. The third-order valence-corrected chi connectivity index (χ3v) is 2.97. The highest BCUT2D eigenvalue weighted by Crippen LogP contribution is 2.26. The van der Waals surface area contributed by atoms with Crippen LogP contribution in [0.3, 0.4) is 0 Å². The van der Waals surface area contributed by atoms with Gasteiger partial charge in [-0.1, -0.05) is 20.8 Å². The number of rotatable bonds is 4. The fraction of sp³-hybridized carbons (Fsp3) is 0.636. The molecule has 0 aliphatic carbocycles. The highest BCUT2D eigenvalue weighted by molar-refractivity contribution is 7.11. The second kappa shape index (κ2) is 5.41. The molecule has 90 valence electrons. The van der Waals surface area contributed by atoms with E-state index in [4.69, 9.17) is 0 Å². The molecule has 0 spiro atoms. The Labute approximate surface area is 100 Å². The van der Waals surface area contributed by atoms with Crippen LogP contribution in [0.4, 0.5) is 0 Å². The van der Waals surface area contributed by atoms with Crippen LogP contribution < -0.4 is 10.6 Å². The average Bonchev–Trinajstić information content (AvgIpc) is 2.65. The molecule has 0 aliphatic heterocycles. The van der Waals surface area contributed by atoms with E-state index >= 15 is 0 Å². The van der Waals surface area contributed by atoms with Gasteiger partial charge in [0.15, 0.2) is 0 Å². The number of likely N-dealkylation sites (N-methyl/N-ethyl adjacent to an activating group) is 1. The van der Waals surface area contributed by atoms with Gasteiger partial charge in [0.1, 0.15) is 4.88 Å². The second-order valence-electron chi connectivity index (χ2n) is 4.64. The molecule has 0 atom stereocenters. The molecule has 0 aromatic carbocycles. The van der Waals surface area contributed by atoms with Crippen molar-refractivity contribution in [1.29, 1.82) is 0 Å². The quantitative estimate of drug-likeness (QED) is 0.783. The van der Waals surface area contributed by atoms with Crippen molar-refractivity contribution in [2.75, 3.05) is 20.1 Å². The molecular weight excluding hydrogens is 222 g/mol. The third-order valence-electron chi connectivity index (χ3n) is 2.14. The van der Waals surface area contributed by atoms with E-state index in [9.17, 15) is 4.79 Å². The van der Waals surface area contributed by atoms with E-state index in [1.807, 2.05) is 7.05 Å². The van der Waals surface area contributed by atoms with Crippen LogP contribution in [-0.2, 0) is 5.41 Å². The molecule has 5 heteroatoms. The highest BCUT2D eigenvalue weighted by Gasteiger charge is 2.24. The Hall–Kier alpha value is -0.940. The molecule has 0 fully saturated rings. The fourth-order valence-electron chi connectivity index (χ4n) is 1.32. The molecule has 1 aromatic heterocycles. The lowest BCUT2D eigenvalue weighted by Gasteiger charge is -2.17. The van der Waals surface area contributed by atoms with Crippen molar-refractivity contribution in [1.82, 2.24) is 15.6 Å². The SMILES string of the molecule is CNCCNC(=O)c1scnc1C(C)(C)C. The van der Waals surface area contributed by atoms with Crippen molar-refractivity contribution in [2.45, 2.75) is 26.2 Å². The van der Waals surface area contributed by atoms with Crippen LogP contribution in [0.1, 0.15) is 36.1 Å². The van der Waals surface area contributed by atoms with Crippen LogP contribution in [0.15, 0.2) is 5.51 Å². The largest absolute Gasteiger partial charge is 0.350 e. The Bertz CT molecular complexity index is 354. The van der Waals surface area contributed by atoms with Gasteiger partial charge in [-0.05, 0) is 7.05 Å². The molecule has 2 N–H and O–H groups in total. The predicted octanol–water partition coefficient (Wildman–Crippen LogP) is 1.39. The molecule has 0 saturated carbocycles. The summed E-state index contributed by atoms with van der Waals surface area (Å²) < 4.78 is 0. The summed E-state index contributed by atoms with van der Waals surface area (Å²) in [6.45, 7) is 7.59. The summed E-state index contributed by atoms with van der Waals surface area (Å²) in [4.78, 5) is 16.9. The van der Waals surface area contributed by atoms with Gasteiger partial charge >= 0.3 is 0 Å². The summed E-state index contributed by atoms with van der Waals surface area (Å²) in [7, 11) is 1.86. The zero-order valence-corrected chi connectivity index (χ0v) is 11.1. The Morgan fingerprint density at radius 3 is 2.69 bits per heavy atom. The Kier molecular flexibility index (Phi) is 4.44. The summed E-state index contributed by atoms with van der Waals surface area (Å²) in [5.41, 5.74) is 2.52. The Morgan fingerprint density at radius 1 is 1.44 bits per heavy atom. The smallest absolute Gasteiger partial charge is 0.263 e. The standard InChI is InChI=1S/C11H19N3OS/c1-11(2,3)9-8(16-7-14-9)10(15)13-6-5-12-4/h7,12H,5-6H2,1-4H3,(H,13,15). The van der Waals surface area contributed by atoms with Crippen LogP contribution in [0.5, 0.6) is 0 Å². The summed E-state index contributed by atoms with van der Waals surface area (Å²) in [6.07, 6.45) is 0. The first kappa shape index (κ1) is 13.1. The zero-order valence-electron chi connectivity index (χ0n) is 10.3. The minimum atomic E-state index is -0.0876. The number of carbonyl (C=O) groups is 1. The molecule has 0 saturated heterocycles. The number of nitrogens with one attached hydrogen (secondary N) is 2. The maximum Gasteiger partial charge on any atom is 0.263 e. The van der Waals surface area contributed by atoms with Crippen LogP contribution in [0, 0.1) is 0 Å². The van der Waals surface area contributed by atoms with Gasteiger partial charge in [0.25, 0.3) is 5.91 Å². The number of hydrogen-bond acceptors (Lipinski definition) is 4. The molecule has 0 radical (unpaired) electrons. The van der Waals surface area contributed by atoms with Crippen LogP contribution in [0.25, 0.3) is 0 Å². The van der Waals surface area contributed by atoms with Gasteiger partial charge in [-0.25, -0.2) is 4.98 Å². The van der Waals surface area contributed by atoms with Gasteiger partial charge in [-0.3, -0.25) is 4.79 Å². The molecule has 0 unspecified atom stereocenters. The molecule has 1 rings (SSSR count). The van der Waals surface area contributed by atoms with Gasteiger partial charge in [-0.15, -0.1) is 11.3 Å². The summed E-state index contributed by atoms with van der Waals surface area (Å²) in [5, 5.41) is 5.85. The number of hydrogen-bond donors (Lipinski definition) is 2. The molecule has 1 heterocycles. The van der Waals surface area contributed by atoms with E-state index in [2.05, 4.69) is 36.4 Å². The van der Waals surface area contributed by atoms with E-state index in [0.717, 1.165) is 17.1 Å². The first-order valence-corrected chi connectivity index (χ1v) is 6.21. The average molecular weight is 241 g/mol. The van der Waals surface area contributed by atoms with Crippen LogP contribution in [0.2, 0.25) is 0 Å². The topological polar surface area (TPSA) is 54.0 Å². The maximum absolute atomic E-state index is 11.9. The van der Waals surface area contributed by atoms with Crippen molar-refractivity contribution in [2.24, 2.45) is 0 Å². The predicted molar refractivity (Wildman–Crippen MR) is 67.1 cm³/mol. The van der Waals surface area contributed by atoms with Gasteiger partial charge in [-0.2, -0.15) is 0 Å². The molecule has 16 heavy (non-hydrogen) atoms. The van der Waals surface area contributed by atoms with Crippen LogP contribution in [-0.4, -0.2) is 31.0 Å². The molecule has 1 aromatic rings. The van der Waals surface area contributed by atoms with E-state index in [1.165, 1.54) is 11.3 Å². The normalized spacial score (nSPS) is 11.5. The van der Waals surface area contributed by atoms with Crippen molar-refractivity contribution in [3.05, 3.63) is 16.1 Å². The molecule has 0 bridgehead atoms. The molecular formula is C11H19N3OS. The number of carbonyl (C=O) groups excluding carboxylic acids is 1. The molecule has 1 amide bonds. The number of aromatic nitrogens is 1. The zero-order chi connectivity index (χ0) is 12.2. The molecule has 0 aliphatic rings. The van der Waals surface area contributed by atoms with E-state index in [0.29, 0.717) is 6.54 Å². The fourth-order valence-corrected chi connectivity index (χ4v) is 2.24.